The van der Waals surface area contributed by atoms with Crippen molar-refractivity contribution in [2.45, 2.75) is 25.5 Å². The highest BCUT2D eigenvalue weighted by atomic mass is 32.2. The van der Waals surface area contributed by atoms with E-state index in [-0.39, 0.29) is 18.2 Å². The summed E-state index contributed by atoms with van der Waals surface area (Å²) in [6.45, 7) is 4.51. The van der Waals surface area contributed by atoms with E-state index in [2.05, 4.69) is 15.6 Å². The Morgan fingerprint density at radius 1 is 1.19 bits per heavy atom. The third-order valence-corrected chi connectivity index (χ3v) is 4.94. The number of rotatable bonds is 6. The zero-order valence-electron chi connectivity index (χ0n) is 15.2. The highest BCUT2D eigenvalue weighted by Gasteiger charge is 2.32. The van der Waals surface area contributed by atoms with Gasteiger partial charge in [-0.2, -0.15) is 0 Å². The summed E-state index contributed by atoms with van der Waals surface area (Å²) in [6, 6.07) is 14.8. The quantitative estimate of drug-likeness (QED) is 0.798. The average molecular weight is 383 g/mol. The Morgan fingerprint density at radius 2 is 1.89 bits per heavy atom. The number of nitrogens with one attached hydrogen (secondary N) is 2. The molecule has 1 aliphatic rings. The minimum atomic E-state index is -0.489. The minimum Gasteiger partial charge on any atom is -0.494 e. The van der Waals surface area contributed by atoms with Crippen LogP contribution in [-0.4, -0.2) is 28.8 Å². The molecule has 0 spiro atoms. The number of benzene rings is 2. The molecule has 3 rings (SSSR count). The summed E-state index contributed by atoms with van der Waals surface area (Å²) < 4.78 is 5.40. The van der Waals surface area contributed by atoms with Gasteiger partial charge in [0.15, 0.2) is 5.17 Å². The molecule has 2 aromatic rings. The van der Waals surface area contributed by atoms with Crippen LogP contribution >= 0.6 is 11.8 Å². The monoisotopic (exact) mass is 383 g/mol. The average Bonchev–Trinajstić information content (AvgIpc) is 2.98. The molecule has 1 heterocycles. The van der Waals surface area contributed by atoms with Crippen LogP contribution in [0.15, 0.2) is 53.5 Å². The lowest BCUT2D eigenvalue weighted by molar-refractivity contribution is -0.122. The first-order chi connectivity index (χ1) is 13.0. The smallest absolute Gasteiger partial charge is 0.240 e. The van der Waals surface area contributed by atoms with Crippen LogP contribution in [0.5, 0.6) is 5.75 Å². The van der Waals surface area contributed by atoms with Crippen molar-refractivity contribution in [2.24, 2.45) is 4.99 Å². The molecule has 7 heteroatoms. The molecular formula is C20H21N3O3S. The number of ether oxygens (including phenoxy) is 1. The largest absolute Gasteiger partial charge is 0.494 e. The first-order valence-corrected chi connectivity index (χ1v) is 9.57. The Bertz CT molecular complexity index is 848. The number of carbonyl (C=O) groups excluding carboxylic acids is 2. The first-order valence-electron chi connectivity index (χ1n) is 8.69. The topological polar surface area (TPSA) is 79.8 Å². The van der Waals surface area contributed by atoms with Crippen LogP contribution in [0.25, 0.3) is 0 Å². The second kappa shape index (κ2) is 8.73. The Kier molecular flexibility index (Phi) is 6.13. The molecule has 2 N–H and O–H groups in total. The molecule has 140 valence electrons. The van der Waals surface area contributed by atoms with E-state index in [9.17, 15) is 9.59 Å². The van der Waals surface area contributed by atoms with E-state index < -0.39 is 5.25 Å². The predicted octanol–water partition coefficient (Wildman–Crippen LogP) is 3.64. The van der Waals surface area contributed by atoms with E-state index in [4.69, 9.17) is 4.74 Å². The van der Waals surface area contributed by atoms with Crippen molar-refractivity contribution >= 4 is 40.1 Å². The van der Waals surface area contributed by atoms with E-state index in [1.54, 1.807) is 0 Å². The van der Waals surface area contributed by atoms with E-state index in [1.165, 1.54) is 11.8 Å². The van der Waals surface area contributed by atoms with Crippen LogP contribution in [-0.2, 0) is 9.59 Å². The zero-order valence-corrected chi connectivity index (χ0v) is 16.0. The summed E-state index contributed by atoms with van der Waals surface area (Å²) in [5.74, 6) is 0.368. The van der Waals surface area contributed by atoms with Gasteiger partial charge in [0.05, 0.1) is 12.3 Å². The lowest BCUT2D eigenvalue weighted by atomic mass is 10.2. The van der Waals surface area contributed by atoms with Gasteiger partial charge in [-0.25, -0.2) is 4.99 Å². The van der Waals surface area contributed by atoms with E-state index in [1.807, 2.05) is 62.4 Å². The van der Waals surface area contributed by atoms with Crippen molar-refractivity contribution in [3.05, 3.63) is 54.1 Å². The number of aliphatic imine (C=N–C) groups is 1. The van der Waals surface area contributed by atoms with Crippen LogP contribution in [0.2, 0.25) is 0 Å². The minimum absolute atomic E-state index is 0.0900. The van der Waals surface area contributed by atoms with Crippen LogP contribution in [0, 0.1) is 6.92 Å². The van der Waals surface area contributed by atoms with Gasteiger partial charge in [0.2, 0.25) is 11.8 Å². The number of aryl methyl sites for hydroxylation is 1. The van der Waals surface area contributed by atoms with Gasteiger partial charge in [-0.15, -0.1) is 0 Å². The van der Waals surface area contributed by atoms with Gasteiger partial charge >= 0.3 is 0 Å². The van der Waals surface area contributed by atoms with Crippen molar-refractivity contribution in [2.75, 3.05) is 11.9 Å². The van der Waals surface area contributed by atoms with Crippen molar-refractivity contribution in [1.29, 1.82) is 0 Å². The summed E-state index contributed by atoms with van der Waals surface area (Å²) in [4.78, 5) is 28.8. The second-order valence-corrected chi connectivity index (χ2v) is 7.25. The molecule has 0 aromatic heterocycles. The second-order valence-electron chi connectivity index (χ2n) is 6.06. The SMILES string of the molecule is CCOc1ccc(N=C2NC(=O)[C@@H](CC(=O)Nc3ccc(C)cc3)S2)cc1. The number of amidine groups is 1. The van der Waals surface area contributed by atoms with Gasteiger partial charge in [-0.3, -0.25) is 9.59 Å². The lowest BCUT2D eigenvalue weighted by Gasteiger charge is -2.07. The summed E-state index contributed by atoms with van der Waals surface area (Å²) in [5, 5.41) is 5.55. The highest BCUT2D eigenvalue weighted by molar-refractivity contribution is 8.15. The summed E-state index contributed by atoms with van der Waals surface area (Å²) in [7, 11) is 0. The van der Waals surface area contributed by atoms with E-state index in [0.29, 0.717) is 17.5 Å². The van der Waals surface area contributed by atoms with Crippen LogP contribution < -0.4 is 15.4 Å². The maximum atomic E-state index is 12.2. The third kappa shape index (κ3) is 5.34. The van der Waals surface area contributed by atoms with Gasteiger partial charge in [-0.05, 0) is 50.2 Å². The Labute approximate surface area is 162 Å². The maximum absolute atomic E-state index is 12.2. The number of anilines is 1. The molecule has 0 unspecified atom stereocenters. The zero-order chi connectivity index (χ0) is 19.2. The summed E-state index contributed by atoms with van der Waals surface area (Å²) >= 11 is 1.27. The molecular weight excluding hydrogens is 362 g/mol. The van der Waals surface area contributed by atoms with Crippen LogP contribution in [0.1, 0.15) is 18.9 Å². The van der Waals surface area contributed by atoms with E-state index in [0.717, 1.165) is 17.0 Å². The number of carbonyl (C=O) groups is 2. The normalized spacial score (nSPS) is 17.6. The number of hydrogen-bond donors (Lipinski definition) is 2. The molecule has 27 heavy (non-hydrogen) atoms. The van der Waals surface area contributed by atoms with Crippen LogP contribution in [0.4, 0.5) is 11.4 Å². The molecule has 1 aliphatic heterocycles. The fourth-order valence-electron chi connectivity index (χ4n) is 2.51. The molecule has 0 saturated carbocycles. The maximum Gasteiger partial charge on any atom is 0.240 e. The van der Waals surface area contributed by atoms with Crippen LogP contribution in [0.3, 0.4) is 0 Å². The summed E-state index contributed by atoms with van der Waals surface area (Å²) in [5.41, 5.74) is 2.55. The van der Waals surface area contributed by atoms with Gasteiger partial charge in [-0.1, -0.05) is 29.5 Å². The highest BCUT2D eigenvalue weighted by Crippen LogP contribution is 2.26. The number of amides is 2. The van der Waals surface area contributed by atoms with Crippen molar-refractivity contribution in [1.82, 2.24) is 5.32 Å². The van der Waals surface area contributed by atoms with Gasteiger partial charge in [0.25, 0.3) is 0 Å². The molecule has 1 saturated heterocycles. The molecule has 0 radical (unpaired) electrons. The molecule has 1 atom stereocenters. The van der Waals surface area contributed by atoms with E-state index >= 15 is 0 Å². The van der Waals surface area contributed by atoms with Gasteiger partial charge in [0, 0.05) is 12.1 Å². The predicted molar refractivity (Wildman–Crippen MR) is 109 cm³/mol. The fourth-order valence-corrected chi connectivity index (χ4v) is 3.50. The summed E-state index contributed by atoms with van der Waals surface area (Å²) in [6.07, 6.45) is 0.0900. The third-order valence-electron chi connectivity index (χ3n) is 3.86. The molecule has 6 nitrogen and oxygen atoms in total. The number of nitrogens with zero attached hydrogens (tertiary/aromatic N) is 1. The fraction of sp³-hybridized carbons (Fsp3) is 0.250. The number of thioether (sulfide) groups is 1. The molecule has 2 aromatic carbocycles. The van der Waals surface area contributed by atoms with Gasteiger partial charge < -0.3 is 15.4 Å². The van der Waals surface area contributed by atoms with Crippen molar-refractivity contribution in [3.8, 4) is 5.75 Å². The Hall–Kier alpha value is -2.80. The number of hydrogen-bond acceptors (Lipinski definition) is 5. The Morgan fingerprint density at radius 3 is 2.56 bits per heavy atom. The lowest BCUT2D eigenvalue weighted by Crippen LogP contribution is -2.28. The molecule has 0 bridgehead atoms. The molecule has 0 aliphatic carbocycles. The van der Waals surface area contributed by atoms with Crippen molar-refractivity contribution < 1.29 is 14.3 Å². The van der Waals surface area contributed by atoms with Gasteiger partial charge in [0.1, 0.15) is 11.0 Å². The Balaban J connectivity index is 1.57. The van der Waals surface area contributed by atoms with Crippen molar-refractivity contribution in [3.63, 3.8) is 0 Å². The molecule has 2 amide bonds. The standard InChI is InChI=1S/C20H21N3O3S/c1-3-26-16-10-8-15(9-11-16)22-20-23-19(25)17(27-20)12-18(24)21-14-6-4-13(2)5-7-14/h4-11,17H,3,12H2,1-2H3,(H,21,24)(H,22,23,25)/t17-/m1/s1. The first kappa shape index (κ1) is 19.0. The molecule has 1 fully saturated rings.